The molecule has 0 saturated heterocycles. The summed E-state index contributed by atoms with van der Waals surface area (Å²) in [5.74, 6) is 0. The van der Waals surface area contributed by atoms with Crippen LogP contribution in [0, 0.1) is 49.4 Å². The molecule has 0 amide bonds. The van der Waals surface area contributed by atoms with Gasteiger partial charge in [0.05, 0.1) is 0 Å². The molecule has 0 fully saturated rings. The molecule has 1 heteroatoms. The van der Waals surface area contributed by atoms with Gasteiger partial charge in [-0.15, -0.1) is 0 Å². The number of hydrogen-bond donors (Lipinski definition) is 0. The maximum absolute atomic E-state index is 2.12. The van der Waals surface area contributed by atoms with Gasteiger partial charge in [-0.2, -0.15) is 0 Å². The van der Waals surface area contributed by atoms with Crippen molar-refractivity contribution in [3.8, 4) is 0 Å². The van der Waals surface area contributed by atoms with Gasteiger partial charge in [0.2, 0.25) is 0 Å². The van der Waals surface area contributed by atoms with E-state index in [0.29, 0.717) is 0 Å². The summed E-state index contributed by atoms with van der Waals surface area (Å²) < 4.78 is 0. The molecule has 0 heterocycles. The molecule has 0 aliphatic heterocycles. The average molecular weight is 218 g/mol. The fraction of sp³-hybridized carbons (Fsp3) is 0.200. The smallest absolute Gasteiger partial charge is 0 e. The molecular formula is C5H6Eu. The molecule has 1 aliphatic rings. The Kier molecular flexibility index (Phi) is 4.98. The van der Waals surface area contributed by atoms with Crippen molar-refractivity contribution in [3.05, 3.63) is 24.3 Å². The van der Waals surface area contributed by atoms with Gasteiger partial charge in [0.25, 0.3) is 0 Å². The molecule has 33 valence electrons. The minimum absolute atomic E-state index is 0. The molecule has 6 heavy (non-hydrogen) atoms. The van der Waals surface area contributed by atoms with Crippen molar-refractivity contribution in [1.82, 2.24) is 0 Å². The molecule has 0 atom stereocenters. The standard InChI is InChI=1S/C5H6.Eu/c1-2-4-5-3-1;/h1-4H,5H2;. The van der Waals surface area contributed by atoms with Crippen molar-refractivity contribution in [2.75, 3.05) is 0 Å². The predicted octanol–water partition coefficient (Wildman–Crippen LogP) is 1.50. The van der Waals surface area contributed by atoms with Crippen LogP contribution in [0.15, 0.2) is 24.3 Å². The van der Waals surface area contributed by atoms with E-state index in [1.165, 1.54) is 0 Å². The summed E-state index contributed by atoms with van der Waals surface area (Å²) >= 11 is 0. The van der Waals surface area contributed by atoms with Crippen LogP contribution in [0.3, 0.4) is 0 Å². The number of allylic oxidation sites excluding steroid dienone is 4. The van der Waals surface area contributed by atoms with E-state index >= 15 is 0 Å². The molecule has 0 unspecified atom stereocenters. The monoisotopic (exact) mass is 219 g/mol. The topological polar surface area (TPSA) is 0 Å². The summed E-state index contributed by atoms with van der Waals surface area (Å²) in [7, 11) is 0. The second kappa shape index (κ2) is 4.23. The number of rotatable bonds is 0. The van der Waals surface area contributed by atoms with Crippen LogP contribution in [0.25, 0.3) is 0 Å². The molecule has 1 aliphatic carbocycles. The van der Waals surface area contributed by atoms with Crippen molar-refractivity contribution in [2.24, 2.45) is 0 Å². The van der Waals surface area contributed by atoms with Crippen LogP contribution < -0.4 is 0 Å². The quantitative estimate of drug-likeness (QED) is 0.578. The zero-order valence-corrected chi connectivity index (χ0v) is 5.82. The van der Waals surface area contributed by atoms with Crippen LogP contribution in [0.2, 0.25) is 0 Å². The van der Waals surface area contributed by atoms with Crippen LogP contribution >= 0.6 is 0 Å². The van der Waals surface area contributed by atoms with E-state index in [0.717, 1.165) is 6.42 Å². The van der Waals surface area contributed by atoms with Crippen LogP contribution in [-0.4, -0.2) is 0 Å². The summed E-state index contributed by atoms with van der Waals surface area (Å²) in [5, 5.41) is 0. The minimum Gasteiger partial charge on any atom is -0.0808 e. The molecule has 0 aromatic rings. The number of hydrogen-bond acceptors (Lipinski definition) is 0. The fourth-order valence-corrected chi connectivity index (χ4v) is 0.393. The largest absolute Gasteiger partial charge is 0.0808 e. The molecule has 0 N–H and O–H groups in total. The van der Waals surface area contributed by atoms with E-state index in [1.54, 1.807) is 0 Å². The SMILES string of the molecule is C1=CCC=C1.[Eu]. The van der Waals surface area contributed by atoms with E-state index in [2.05, 4.69) is 24.3 Å². The Labute approximate surface area is 78.9 Å². The van der Waals surface area contributed by atoms with Crippen molar-refractivity contribution in [3.63, 3.8) is 0 Å². The zero-order valence-electron chi connectivity index (χ0n) is 3.39. The fourth-order valence-electron chi connectivity index (χ4n) is 0.393. The van der Waals surface area contributed by atoms with Crippen LogP contribution in [-0.2, 0) is 0 Å². The first kappa shape index (κ1) is 7.06. The van der Waals surface area contributed by atoms with Gasteiger partial charge in [0, 0.05) is 49.4 Å². The van der Waals surface area contributed by atoms with Gasteiger partial charge in [-0.3, -0.25) is 0 Å². The Hall–Kier alpha value is 1.06. The van der Waals surface area contributed by atoms with Gasteiger partial charge in [0.15, 0.2) is 0 Å². The van der Waals surface area contributed by atoms with E-state index in [9.17, 15) is 0 Å². The van der Waals surface area contributed by atoms with Crippen molar-refractivity contribution in [1.29, 1.82) is 0 Å². The van der Waals surface area contributed by atoms with E-state index in [1.807, 2.05) is 0 Å². The van der Waals surface area contributed by atoms with Crippen LogP contribution in [0.4, 0.5) is 0 Å². The zero-order chi connectivity index (χ0) is 3.54. The third-order valence-corrected chi connectivity index (χ3v) is 0.655. The Bertz CT molecular complexity index is 62.0. The Morgan fingerprint density at radius 1 is 1.00 bits per heavy atom. The van der Waals surface area contributed by atoms with E-state index < -0.39 is 0 Å². The molecule has 0 nitrogen and oxygen atoms in total. The normalized spacial score (nSPS) is 14.7. The first-order valence-corrected chi connectivity index (χ1v) is 1.82. The van der Waals surface area contributed by atoms with Crippen molar-refractivity contribution < 1.29 is 49.4 Å². The van der Waals surface area contributed by atoms with Gasteiger partial charge in [-0.1, -0.05) is 24.3 Å². The predicted molar refractivity (Wildman–Crippen MR) is 22.9 cm³/mol. The van der Waals surface area contributed by atoms with E-state index in [-0.39, 0.29) is 49.4 Å². The molecular weight excluding hydrogens is 212 g/mol. The summed E-state index contributed by atoms with van der Waals surface area (Å²) in [6.45, 7) is 0. The molecule has 0 aromatic carbocycles. The van der Waals surface area contributed by atoms with Crippen molar-refractivity contribution >= 4 is 0 Å². The van der Waals surface area contributed by atoms with Crippen molar-refractivity contribution in [2.45, 2.75) is 6.42 Å². The second-order valence-corrected chi connectivity index (χ2v) is 1.09. The summed E-state index contributed by atoms with van der Waals surface area (Å²) in [6.07, 6.45) is 9.50. The van der Waals surface area contributed by atoms with Gasteiger partial charge < -0.3 is 0 Å². The summed E-state index contributed by atoms with van der Waals surface area (Å²) in [5.41, 5.74) is 0. The van der Waals surface area contributed by atoms with Gasteiger partial charge >= 0.3 is 0 Å². The molecule has 0 spiro atoms. The maximum Gasteiger partial charge on any atom is 0 e. The average Bonchev–Trinajstić information content (AvgIpc) is 1.76. The minimum atomic E-state index is 0. The summed E-state index contributed by atoms with van der Waals surface area (Å²) in [6, 6.07) is 0. The second-order valence-electron chi connectivity index (χ2n) is 1.09. The maximum atomic E-state index is 2.12. The van der Waals surface area contributed by atoms with Gasteiger partial charge in [-0.25, -0.2) is 0 Å². The third-order valence-electron chi connectivity index (χ3n) is 0.655. The first-order valence-electron chi connectivity index (χ1n) is 1.82. The molecule has 1 rings (SSSR count). The Morgan fingerprint density at radius 2 is 1.50 bits per heavy atom. The summed E-state index contributed by atoms with van der Waals surface area (Å²) in [4.78, 5) is 0. The van der Waals surface area contributed by atoms with Gasteiger partial charge in [0.1, 0.15) is 0 Å². The van der Waals surface area contributed by atoms with Crippen LogP contribution in [0.5, 0.6) is 0 Å². The Balaban J connectivity index is 0.000000250. The van der Waals surface area contributed by atoms with Crippen LogP contribution in [0.1, 0.15) is 6.42 Å². The molecule has 1 radical (unpaired) electrons. The Morgan fingerprint density at radius 3 is 1.67 bits per heavy atom. The molecule has 0 saturated carbocycles. The molecule has 0 aromatic heterocycles. The third kappa shape index (κ3) is 2.27. The first-order chi connectivity index (χ1) is 2.50. The van der Waals surface area contributed by atoms with E-state index in [4.69, 9.17) is 0 Å². The molecule has 0 bridgehead atoms. The van der Waals surface area contributed by atoms with Gasteiger partial charge in [-0.05, 0) is 6.42 Å².